The van der Waals surface area contributed by atoms with Crippen molar-refractivity contribution < 1.29 is 14.3 Å². The van der Waals surface area contributed by atoms with Crippen molar-refractivity contribution in [1.29, 1.82) is 0 Å². The van der Waals surface area contributed by atoms with E-state index in [1.165, 1.54) is 5.56 Å². The van der Waals surface area contributed by atoms with Crippen LogP contribution in [0.3, 0.4) is 0 Å². The third-order valence-corrected chi connectivity index (χ3v) is 5.55. The molecule has 1 atom stereocenters. The topological polar surface area (TPSA) is 61.9 Å². The lowest BCUT2D eigenvalue weighted by Crippen LogP contribution is -2.46. The van der Waals surface area contributed by atoms with E-state index >= 15 is 0 Å². The van der Waals surface area contributed by atoms with Crippen LogP contribution in [0.5, 0.6) is 5.75 Å². The summed E-state index contributed by atoms with van der Waals surface area (Å²) in [6.07, 6.45) is 2.58. The number of benzene rings is 2. The molecular formula is C22H25N3O3. The summed E-state index contributed by atoms with van der Waals surface area (Å²) in [4.78, 5) is 29.5. The Morgan fingerprint density at radius 2 is 1.89 bits per heavy atom. The molecule has 2 aromatic carbocycles. The fraction of sp³-hybridized carbons (Fsp3) is 0.364. The molecule has 2 aliphatic rings. The molecule has 28 heavy (non-hydrogen) atoms. The number of carbonyl (C=O) groups excluding carboxylic acids is 2. The number of hydrogen-bond acceptors (Lipinski definition) is 4. The summed E-state index contributed by atoms with van der Waals surface area (Å²) in [5.74, 6) is 0.753. The average molecular weight is 379 g/mol. The second kappa shape index (κ2) is 8.02. The lowest BCUT2D eigenvalue weighted by atomic mass is 10.2. The molecule has 0 radical (unpaired) electrons. The Morgan fingerprint density at radius 1 is 1.11 bits per heavy atom. The van der Waals surface area contributed by atoms with Gasteiger partial charge in [-0.1, -0.05) is 18.2 Å². The van der Waals surface area contributed by atoms with Crippen LogP contribution in [-0.4, -0.2) is 49.5 Å². The minimum Gasteiger partial charge on any atom is -0.497 e. The minimum atomic E-state index is -0.274. The number of likely N-dealkylation sites (tertiary alicyclic amines) is 1. The summed E-state index contributed by atoms with van der Waals surface area (Å²) < 4.78 is 5.15. The smallest absolute Gasteiger partial charge is 0.241 e. The fourth-order valence-corrected chi connectivity index (χ4v) is 4.07. The lowest BCUT2D eigenvalue weighted by Gasteiger charge is -2.26. The highest BCUT2D eigenvalue weighted by Crippen LogP contribution is 2.28. The van der Waals surface area contributed by atoms with Crippen molar-refractivity contribution in [3.05, 3.63) is 54.1 Å². The highest BCUT2D eigenvalue weighted by Gasteiger charge is 2.34. The van der Waals surface area contributed by atoms with Gasteiger partial charge in [-0.25, -0.2) is 0 Å². The number of anilines is 2. The second-order valence-corrected chi connectivity index (χ2v) is 7.27. The molecule has 1 N–H and O–H groups in total. The number of nitrogens with one attached hydrogen (secondary N) is 1. The Balaban J connectivity index is 1.39. The molecule has 0 aromatic heterocycles. The molecule has 0 saturated carbocycles. The van der Waals surface area contributed by atoms with Crippen LogP contribution in [0.1, 0.15) is 18.4 Å². The molecule has 2 amide bonds. The van der Waals surface area contributed by atoms with Gasteiger partial charge in [0, 0.05) is 17.9 Å². The lowest BCUT2D eigenvalue weighted by molar-refractivity contribution is -0.123. The summed E-state index contributed by atoms with van der Waals surface area (Å²) in [7, 11) is 1.61. The molecule has 0 spiro atoms. The normalized spacial score (nSPS) is 18.8. The number of amides is 2. The van der Waals surface area contributed by atoms with Gasteiger partial charge in [0.25, 0.3) is 0 Å². The summed E-state index contributed by atoms with van der Waals surface area (Å²) in [6, 6.07) is 15.0. The molecule has 2 heterocycles. The molecular weight excluding hydrogens is 354 g/mol. The first kappa shape index (κ1) is 18.5. The zero-order valence-corrected chi connectivity index (χ0v) is 16.1. The van der Waals surface area contributed by atoms with Crippen molar-refractivity contribution in [3.8, 4) is 5.75 Å². The van der Waals surface area contributed by atoms with Gasteiger partial charge in [-0.3, -0.25) is 14.5 Å². The predicted octanol–water partition coefficient (Wildman–Crippen LogP) is 2.69. The van der Waals surface area contributed by atoms with Crippen LogP contribution in [0.15, 0.2) is 48.5 Å². The van der Waals surface area contributed by atoms with Gasteiger partial charge in [-0.15, -0.1) is 0 Å². The van der Waals surface area contributed by atoms with Gasteiger partial charge in [0.2, 0.25) is 11.8 Å². The maximum absolute atomic E-state index is 12.9. The SMILES string of the molecule is COc1ccc(NC(=O)C2CCCN2CC(=O)N2CCc3ccccc32)cc1. The summed E-state index contributed by atoms with van der Waals surface area (Å²) >= 11 is 0. The molecule has 0 aliphatic carbocycles. The highest BCUT2D eigenvalue weighted by molar-refractivity contribution is 5.98. The zero-order valence-electron chi connectivity index (χ0n) is 16.1. The first-order valence-corrected chi connectivity index (χ1v) is 9.73. The Labute approximate surface area is 165 Å². The molecule has 6 heteroatoms. The Morgan fingerprint density at radius 3 is 2.68 bits per heavy atom. The van der Waals surface area contributed by atoms with Crippen LogP contribution in [0.25, 0.3) is 0 Å². The largest absolute Gasteiger partial charge is 0.497 e. The van der Waals surface area contributed by atoms with Crippen molar-refractivity contribution >= 4 is 23.2 Å². The van der Waals surface area contributed by atoms with E-state index in [0.717, 1.165) is 42.9 Å². The van der Waals surface area contributed by atoms with Crippen molar-refractivity contribution in [2.75, 3.05) is 37.0 Å². The molecule has 0 bridgehead atoms. The molecule has 146 valence electrons. The van der Waals surface area contributed by atoms with Crippen molar-refractivity contribution in [2.24, 2.45) is 0 Å². The Bertz CT molecular complexity index is 866. The van der Waals surface area contributed by atoms with Crippen LogP contribution in [0, 0.1) is 0 Å². The van der Waals surface area contributed by atoms with Crippen LogP contribution >= 0.6 is 0 Å². The molecule has 1 fully saturated rings. The molecule has 4 rings (SSSR count). The van der Waals surface area contributed by atoms with E-state index in [4.69, 9.17) is 4.74 Å². The first-order chi connectivity index (χ1) is 13.7. The van der Waals surface area contributed by atoms with E-state index in [9.17, 15) is 9.59 Å². The van der Waals surface area contributed by atoms with E-state index in [-0.39, 0.29) is 24.4 Å². The monoisotopic (exact) mass is 379 g/mol. The Kier molecular flexibility index (Phi) is 5.30. The van der Waals surface area contributed by atoms with E-state index in [1.54, 1.807) is 7.11 Å². The second-order valence-electron chi connectivity index (χ2n) is 7.27. The maximum atomic E-state index is 12.9. The van der Waals surface area contributed by atoms with Crippen molar-refractivity contribution in [1.82, 2.24) is 4.90 Å². The first-order valence-electron chi connectivity index (χ1n) is 9.73. The number of fused-ring (bicyclic) bond motifs is 1. The number of nitrogens with zero attached hydrogens (tertiary/aromatic N) is 2. The van der Waals surface area contributed by atoms with Crippen LogP contribution in [-0.2, 0) is 16.0 Å². The maximum Gasteiger partial charge on any atom is 0.241 e. The van der Waals surface area contributed by atoms with E-state index in [2.05, 4.69) is 11.4 Å². The molecule has 6 nitrogen and oxygen atoms in total. The van der Waals surface area contributed by atoms with Gasteiger partial charge in [-0.05, 0) is 61.7 Å². The highest BCUT2D eigenvalue weighted by atomic mass is 16.5. The van der Waals surface area contributed by atoms with Crippen molar-refractivity contribution in [2.45, 2.75) is 25.3 Å². The number of hydrogen-bond donors (Lipinski definition) is 1. The van der Waals surface area contributed by atoms with Gasteiger partial charge in [-0.2, -0.15) is 0 Å². The average Bonchev–Trinajstić information content (AvgIpc) is 3.35. The van der Waals surface area contributed by atoms with Gasteiger partial charge < -0.3 is 15.0 Å². The standard InChI is InChI=1S/C22H25N3O3/c1-28-18-10-8-17(9-11-18)23-22(27)20-7-4-13-24(20)15-21(26)25-14-12-16-5-2-3-6-19(16)25/h2-3,5-6,8-11,20H,4,7,12-15H2,1H3,(H,23,27). The third-order valence-electron chi connectivity index (χ3n) is 5.55. The summed E-state index contributed by atoms with van der Waals surface area (Å²) in [5, 5.41) is 2.96. The Hall–Kier alpha value is -2.86. The van der Waals surface area contributed by atoms with Crippen LogP contribution in [0.2, 0.25) is 0 Å². The fourth-order valence-electron chi connectivity index (χ4n) is 4.07. The number of methoxy groups -OCH3 is 1. The predicted molar refractivity (Wildman–Crippen MR) is 109 cm³/mol. The number of ether oxygens (including phenoxy) is 1. The number of rotatable bonds is 5. The zero-order chi connectivity index (χ0) is 19.5. The molecule has 2 aliphatic heterocycles. The number of carbonyl (C=O) groups is 2. The van der Waals surface area contributed by atoms with Gasteiger partial charge >= 0.3 is 0 Å². The minimum absolute atomic E-state index is 0.0581. The summed E-state index contributed by atoms with van der Waals surface area (Å²) in [6.45, 7) is 1.76. The van der Waals surface area contributed by atoms with Gasteiger partial charge in [0.05, 0.1) is 19.7 Å². The third kappa shape index (κ3) is 3.73. The van der Waals surface area contributed by atoms with Crippen LogP contribution < -0.4 is 15.0 Å². The van der Waals surface area contributed by atoms with E-state index < -0.39 is 0 Å². The van der Waals surface area contributed by atoms with Crippen LogP contribution in [0.4, 0.5) is 11.4 Å². The van der Waals surface area contributed by atoms with Gasteiger partial charge in [0.15, 0.2) is 0 Å². The van der Waals surface area contributed by atoms with E-state index in [0.29, 0.717) is 6.54 Å². The summed E-state index contributed by atoms with van der Waals surface area (Å²) in [5.41, 5.74) is 2.95. The molecule has 1 unspecified atom stereocenters. The van der Waals surface area contributed by atoms with Gasteiger partial charge in [0.1, 0.15) is 5.75 Å². The quantitative estimate of drug-likeness (QED) is 0.868. The van der Waals surface area contributed by atoms with Crippen molar-refractivity contribution in [3.63, 3.8) is 0 Å². The van der Waals surface area contributed by atoms with E-state index in [1.807, 2.05) is 52.3 Å². The number of para-hydroxylation sites is 1. The molecule has 1 saturated heterocycles. The molecule has 2 aromatic rings.